The van der Waals surface area contributed by atoms with Gasteiger partial charge in [-0.05, 0) is 24.4 Å². The van der Waals surface area contributed by atoms with E-state index >= 15 is 0 Å². The number of halogens is 1. The lowest BCUT2D eigenvalue weighted by Crippen LogP contribution is -2.30. The van der Waals surface area contributed by atoms with Crippen molar-refractivity contribution in [3.05, 3.63) is 57.2 Å². The van der Waals surface area contributed by atoms with Gasteiger partial charge >= 0.3 is 5.97 Å². The van der Waals surface area contributed by atoms with Crippen molar-refractivity contribution in [3.63, 3.8) is 0 Å². The Labute approximate surface area is 131 Å². The summed E-state index contributed by atoms with van der Waals surface area (Å²) in [6.45, 7) is 1.56. The molecule has 0 radical (unpaired) electrons. The van der Waals surface area contributed by atoms with Crippen molar-refractivity contribution in [3.8, 4) is 0 Å². The first-order valence-electron chi connectivity index (χ1n) is 6.33. The average Bonchev–Trinajstić information content (AvgIpc) is 2.99. The number of esters is 1. The van der Waals surface area contributed by atoms with E-state index in [1.165, 1.54) is 11.3 Å². The third-order valence-corrected chi connectivity index (χ3v) is 4.00. The van der Waals surface area contributed by atoms with Crippen LogP contribution < -0.4 is 5.32 Å². The molecule has 0 aliphatic carbocycles. The standard InChI is InChI=1S/C15H14ClNO3S/c1-10(11-5-2-3-6-12(11)16)20-14(18)9-17-15(19)13-7-4-8-21-13/h2-8,10H,9H2,1H3,(H,17,19)/t10-/m1/s1. The highest BCUT2D eigenvalue weighted by atomic mass is 35.5. The summed E-state index contributed by atoms with van der Waals surface area (Å²) < 4.78 is 5.25. The molecule has 1 heterocycles. The molecule has 0 bridgehead atoms. The number of rotatable bonds is 5. The van der Waals surface area contributed by atoms with Crippen molar-refractivity contribution < 1.29 is 14.3 Å². The van der Waals surface area contributed by atoms with Crippen molar-refractivity contribution in [2.45, 2.75) is 13.0 Å². The number of carbonyl (C=O) groups is 2. The van der Waals surface area contributed by atoms with Gasteiger partial charge in [0, 0.05) is 10.6 Å². The highest BCUT2D eigenvalue weighted by Crippen LogP contribution is 2.24. The fraction of sp³-hybridized carbons (Fsp3) is 0.200. The minimum absolute atomic E-state index is 0.175. The number of amides is 1. The molecular formula is C15H14ClNO3S. The highest BCUT2D eigenvalue weighted by molar-refractivity contribution is 7.12. The van der Waals surface area contributed by atoms with Crippen LogP contribution in [-0.4, -0.2) is 18.4 Å². The normalized spacial score (nSPS) is 11.7. The molecule has 1 N–H and O–H groups in total. The van der Waals surface area contributed by atoms with E-state index in [0.29, 0.717) is 9.90 Å². The lowest BCUT2D eigenvalue weighted by atomic mass is 10.1. The second-order valence-electron chi connectivity index (χ2n) is 4.31. The molecule has 21 heavy (non-hydrogen) atoms. The molecule has 0 fully saturated rings. The quantitative estimate of drug-likeness (QED) is 0.858. The molecular weight excluding hydrogens is 310 g/mol. The van der Waals surface area contributed by atoms with Gasteiger partial charge < -0.3 is 10.1 Å². The van der Waals surface area contributed by atoms with E-state index in [1.807, 2.05) is 12.1 Å². The zero-order valence-electron chi connectivity index (χ0n) is 11.3. The maximum atomic E-state index is 11.7. The number of benzene rings is 1. The zero-order valence-corrected chi connectivity index (χ0v) is 12.9. The van der Waals surface area contributed by atoms with Crippen LogP contribution in [-0.2, 0) is 9.53 Å². The Morgan fingerprint density at radius 2 is 2.05 bits per heavy atom. The summed E-state index contributed by atoms with van der Waals surface area (Å²) in [5, 5.41) is 4.86. The van der Waals surface area contributed by atoms with Gasteiger partial charge in [0.15, 0.2) is 0 Å². The monoisotopic (exact) mass is 323 g/mol. The van der Waals surface area contributed by atoms with Gasteiger partial charge in [-0.25, -0.2) is 0 Å². The predicted octanol–water partition coefficient (Wildman–Crippen LogP) is 3.44. The van der Waals surface area contributed by atoms with Crippen LogP contribution in [0, 0.1) is 0 Å². The van der Waals surface area contributed by atoms with Crippen LogP contribution in [0.5, 0.6) is 0 Å². The Hall–Kier alpha value is -1.85. The zero-order chi connectivity index (χ0) is 15.2. The summed E-state index contributed by atoms with van der Waals surface area (Å²) >= 11 is 7.35. The van der Waals surface area contributed by atoms with E-state index in [2.05, 4.69) is 5.32 Å². The molecule has 0 saturated heterocycles. The first-order valence-corrected chi connectivity index (χ1v) is 7.59. The molecule has 0 saturated carbocycles. The lowest BCUT2D eigenvalue weighted by Gasteiger charge is -2.15. The van der Waals surface area contributed by atoms with Crippen molar-refractivity contribution in [2.24, 2.45) is 0 Å². The van der Waals surface area contributed by atoms with Gasteiger partial charge in [-0.3, -0.25) is 9.59 Å². The molecule has 110 valence electrons. The summed E-state index contributed by atoms with van der Waals surface area (Å²) in [4.78, 5) is 24.0. The minimum atomic E-state index is -0.507. The molecule has 1 aromatic heterocycles. The highest BCUT2D eigenvalue weighted by Gasteiger charge is 2.15. The van der Waals surface area contributed by atoms with E-state index in [9.17, 15) is 9.59 Å². The Kier molecular flexibility index (Phi) is 5.36. The van der Waals surface area contributed by atoms with Crippen LogP contribution in [0.25, 0.3) is 0 Å². The second kappa shape index (κ2) is 7.24. The third-order valence-electron chi connectivity index (χ3n) is 2.79. The van der Waals surface area contributed by atoms with Crippen molar-refractivity contribution in [1.82, 2.24) is 5.32 Å². The predicted molar refractivity (Wildman–Crippen MR) is 82.6 cm³/mol. The molecule has 0 aliphatic rings. The largest absolute Gasteiger partial charge is 0.456 e. The molecule has 2 rings (SSSR count). The number of ether oxygens (including phenoxy) is 1. The van der Waals surface area contributed by atoms with Gasteiger partial charge in [-0.15, -0.1) is 11.3 Å². The van der Waals surface area contributed by atoms with Gasteiger partial charge in [0.1, 0.15) is 12.6 Å². The number of hydrogen-bond acceptors (Lipinski definition) is 4. The Morgan fingerprint density at radius 1 is 1.29 bits per heavy atom. The van der Waals surface area contributed by atoms with Crippen molar-refractivity contribution in [1.29, 1.82) is 0 Å². The minimum Gasteiger partial charge on any atom is -0.456 e. The van der Waals surface area contributed by atoms with Crippen LogP contribution >= 0.6 is 22.9 Å². The smallest absolute Gasteiger partial charge is 0.326 e. The Balaban J connectivity index is 1.85. The Morgan fingerprint density at radius 3 is 2.71 bits per heavy atom. The van der Waals surface area contributed by atoms with Gasteiger partial charge in [-0.2, -0.15) is 0 Å². The van der Waals surface area contributed by atoms with Gasteiger partial charge in [-0.1, -0.05) is 35.9 Å². The SMILES string of the molecule is C[C@@H](OC(=O)CNC(=O)c1cccs1)c1ccccc1Cl. The number of hydrogen-bond donors (Lipinski definition) is 1. The summed E-state index contributed by atoms with van der Waals surface area (Å²) in [6, 6.07) is 10.6. The molecule has 1 amide bonds. The molecule has 1 atom stereocenters. The first-order chi connectivity index (χ1) is 10.1. The van der Waals surface area contributed by atoms with Crippen LogP contribution in [0.1, 0.15) is 28.3 Å². The fourth-order valence-electron chi connectivity index (χ4n) is 1.75. The summed E-state index contributed by atoms with van der Waals surface area (Å²) in [6.07, 6.45) is -0.468. The number of nitrogens with one attached hydrogen (secondary N) is 1. The fourth-order valence-corrected chi connectivity index (χ4v) is 2.68. The lowest BCUT2D eigenvalue weighted by molar-refractivity contribution is -0.147. The van der Waals surface area contributed by atoms with Crippen LogP contribution in [0.2, 0.25) is 5.02 Å². The molecule has 0 aliphatic heterocycles. The van der Waals surface area contributed by atoms with Crippen LogP contribution in [0.4, 0.5) is 0 Å². The van der Waals surface area contributed by atoms with E-state index < -0.39 is 12.1 Å². The Bertz CT molecular complexity index is 628. The van der Waals surface area contributed by atoms with Crippen LogP contribution in [0.3, 0.4) is 0 Å². The topological polar surface area (TPSA) is 55.4 Å². The molecule has 6 heteroatoms. The van der Waals surface area contributed by atoms with Crippen molar-refractivity contribution in [2.75, 3.05) is 6.54 Å². The molecule has 4 nitrogen and oxygen atoms in total. The van der Waals surface area contributed by atoms with Crippen LogP contribution in [0.15, 0.2) is 41.8 Å². The summed E-state index contributed by atoms with van der Waals surface area (Å²) in [5.74, 6) is -0.792. The number of carbonyl (C=O) groups excluding carboxylic acids is 2. The maximum Gasteiger partial charge on any atom is 0.326 e. The molecule has 2 aromatic rings. The van der Waals surface area contributed by atoms with Crippen molar-refractivity contribution >= 4 is 34.8 Å². The van der Waals surface area contributed by atoms with E-state index in [4.69, 9.17) is 16.3 Å². The summed E-state index contributed by atoms with van der Waals surface area (Å²) in [7, 11) is 0. The van der Waals surface area contributed by atoms with E-state index in [0.717, 1.165) is 5.56 Å². The molecule has 0 unspecified atom stereocenters. The van der Waals surface area contributed by atoms with E-state index in [1.54, 1.807) is 36.6 Å². The maximum absolute atomic E-state index is 11.7. The second-order valence-corrected chi connectivity index (χ2v) is 5.67. The van der Waals surface area contributed by atoms with Gasteiger partial charge in [0.2, 0.25) is 0 Å². The number of thiophene rings is 1. The molecule has 1 aromatic carbocycles. The summed E-state index contributed by atoms with van der Waals surface area (Å²) in [5.41, 5.74) is 0.733. The molecule has 0 spiro atoms. The third kappa shape index (κ3) is 4.31. The van der Waals surface area contributed by atoms with E-state index in [-0.39, 0.29) is 12.5 Å². The first kappa shape index (κ1) is 15.5. The average molecular weight is 324 g/mol. The van der Waals surface area contributed by atoms with Gasteiger partial charge in [0.25, 0.3) is 5.91 Å². The van der Waals surface area contributed by atoms with Gasteiger partial charge in [0.05, 0.1) is 4.88 Å².